The molecule has 1 atom stereocenters. The summed E-state index contributed by atoms with van der Waals surface area (Å²) in [6, 6.07) is 2.65. The molecular formula is C12H24ClN5O3. The summed E-state index contributed by atoms with van der Waals surface area (Å²) in [5.41, 5.74) is 0. The topological polar surface area (TPSA) is 106 Å². The third kappa shape index (κ3) is 10.1. The molecule has 0 aliphatic carbocycles. The molecule has 122 valence electrons. The molecule has 1 fully saturated rings. The zero-order valence-corrected chi connectivity index (χ0v) is 13.4. The monoisotopic (exact) mass is 321 g/mol. The second-order valence-corrected chi connectivity index (χ2v) is 4.00. The first-order valence-electron chi connectivity index (χ1n) is 6.54. The van der Waals surface area contributed by atoms with Crippen molar-refractivity contribution in [1.82, 2.24) is 15.7 Å². The highest BCUT2D eigenvalue weighted by Crippen LogP contribution is 2.07. The molecule has 9 heteroatoms. The van der Waals surface area contributed by atoms with E-state index in [4.69, 9.17) is 5.21 Å². The van der Waals surface area contributed by atoms with E-state index in [1.807, 2.05) is 21.0 Å². The van der Waals surface area contributed by atoms with Crippen LogP contribution in [0, 0.1) is 0 Å². The summed E-state index contributed by atoms with van der Waals surface area (Å²) in [5.74, 6) is -1.01. The van der Waals surface area contributed by atoms with Crippen LogP contribution in [-0.2, 0) is 9.59 Å². The molecule has 1 rings (SSSR count). The van der Waals surface area contributed by atoms with Gasteiger partial charge in [0.25, 0.3) is 11.8 Å². The molecule has 8 nitrogen and oxygen atoms in total. The van der Waals surface area contributed by atoms with Crippen LogP contribution in [0.2, 0.25) is 0 Å². The van der Waals surface area contributed by atoms with Crippen LogP contribution >= 0.6 is 12.4 Å². The highest BCUT2D eigenvalue weighted by Gasteiger charge is 2.26. The van der Waals surface area contributed by atoms with E-state index in [1.165, 1.54) is 0 Å². The van der Waals surface area contributed by atoms with Crippen molar-refractivity contribution >= 4 is 30.2 Å². The zero-order valence-electron chi connectivity index (χ0n) is 12.6. The Morgan fingerprint density at radius 1 is 1.33 bits per heavy atom. The highest BCUT2D eigenvalue weighted by molar-refractivity contribution is 6.00. The Hall–Kier alpha value is -1.31. The molecule has 0 spiro atoms. The lowest BCUT2D eigenvalue weighted by Gasteiger charge is -2.07. The fourth-order valence-corrected chi connectivity index (χ4v) is 1.30. The fraction of sp³-hybridized carbons (Fsp3) is 0.750. The summed E-state index contributed by atoms with van der Waals surface area (Å²) < 4.78 is 0. The van der Waals surface area contributed by atoms with Gasteiger partial charge >= 0.3 is 0 Å². The minimum Gasteiger partial charge on any atom is -0.320 e. The molecule has 21 heavy (non-hydrogen) atoms. The molecule has 3 N–H and O–H groups in total. The number of imide groups is 1. The van der Waals surface area contributed by atoms with Gasteiger partial charge in [-0.1, -0.05) is 0 Å². The first-order chi connectivity index (χ1) is 9.56. The van der Waals surface area contributed by atoms with Crippen LogP contribution in [0.1, 0.15) is 26.2 Å². The maximum absolute atomic E-state index is 10.2. The third-order valence-corrected chi connectivity index (χ3v) is 2.47. The van der Waals surface area contributed by atoms with E-state index in [0.29, 0.717) is 0 Å². The maximum Gasteiger partial charge on any atom is 0.253 e. The van der Waals surface area contributed by atoms with Gasteiger partial charge in [-0.15, -0.1) is 12.4 Å². The van der Waals surface area contributed by atoms with E-state index in [2.05, 4.69) is 26.6 Å². The van der Waals surface area contributed by atoms with Crippen LogP contribution in [0.5, 0.6) is 0 Å². The van der Waals surface area contributed by atoms with Crippen molar-refractivity contribution < 1.29 is 14.8 Å². The lowest BCUT2D eigenvalue weighted by molar-refractivity contribution is -0.171. The SMILES string of the molecule is CCN=C=NC(CCNC)NC.Cl.O=C1CCC(=O)N1O. The first kappa shape index (κ1) is 22.0. The molecule has 1 unspecified atom stereocenters. The summed E-state index contributed by atoms with van der Waals surface area (Å²) in [5, 5.41) is 14.7. The Morgan fingerprint density at radius 3 is 2.24 bits per heavy atom. The summed E-state index contributed by atoms with van der Waals surface area (Å²) in [6.07, 6.45) is 1.39. The number of nitrogens with zero attached hydrogens (tertiary/aromatic N) is 3. The van der Waals surface area contributed by atoms with Gasteiger partial charge in [0, 0.05) is 19.4 Å². The van der Waals surface area contributed by atoms with Crippen LogP contribution in [0.15, 0.2) is 9.98 Å². The van der Waals surface area contributed by atoms with Crippen LogP contribution in [0.4, 0.5) is 0 Å². The molecular weight excluding hydrogens is 298 g/mol. The molecule has 1 aliphatic heterocycles. The molecule has 0 aromatic rings. The van der Waals surface area contributed by atoms with Gasteiger partial charge in [-0.3, -0.25) is 20.1 Å². The number of amides is 2. The molecule has 0 bridgehead atoms. The number of halogens is 1. The zero-order chi connectivity index (χ0) is 15.4. The van der Waals surface area contributed by atoms with Gasteiger partial charge in [-0.2, -0.15) is 5.06 Å². The van der Waals surface area contributed by atoms with E-state index < -0.39 is 11.8 Å². The summed E-state index contributed by atoms with van der Waals surface area (Å²) >= 11 is 0. The molecule has 2 amide bonds. The number of rotatable bonds is 6. The van der Waals surface area contributed by atoms with Gasteiger partial charge in [-0.25, -0.2) is 9.98 Å². The number of hydroxylamine groups is 2. The first-order valence-corrected chi connectivity index (χ1v) is 6.54. The highest BCUT2D eigenvalue weighted by atomic mass is 35.5. The Morgan fingerprint density at radius 2 is 1.90 bits per heavy atom. The molecule has 1 saturated heterocycles. The third-order valence-electron chi connectivity index (χ3n) is 2.47. The van der Waals surface area contributed by atoms with Crippen molar-refractivity contribution in [1.29, 1.82) is 0 Å². The average molecular weight is 322 g/mol. The van der Waals surface area contributed by atoms with Crippen molar-refractivity contribution in [3.05, 3.63) is 0 Å². The van der Waals surface area contributed by atoms with E-state index in [9.17, 15) is 9.59 Å². The Kier molecular flexibility index (Phi) is 14.3. The van der Waals surface area contributed by atoms with Crippen LogP contribution in [0.3, 0.4) is 0 Å². The number of nitrogens with one attached hydrogen (secondary N) is 2. The van der Waals surface area contributed by atoms with Crippen LogP contribution < -0.4 is 10.6 Å². The number of hydrogen-bond donors (Lipinski definition) is 3. The number of carbonyl (C=O) groups is 2. The van der Waals surface area contributed by atoms with Gasteiger partial charge in [0.15, 0.2) is 0 Å². The van der Waals surface area contributed by atoms with E-state index in [1.54, 1.807) is 0 Å². The normalized spacial score (nSPS) is 14.6. The maximum atomic E-state index is 10.2. The van der Waals surface area contributed by atoms with Crippen molar-refractivity contribution in [3.8, 4) is 0 Å². The van der Waals surface area contributed by atoms with Crippen LogP contribution in [0.25, 0.3) is 0 Å². The average Bonchev–Trinajstić information content (AvgIpc) is 2.75. The molecule has 0 aromatic carbocycles. The summed E-state index contributed by atoms with van der Waals surface area (Å²) in [6.45, 7) is 3.65. The largest absolute Gasteiger partial charge is 0.320 e. The lowest BCUT2D eigenvalue weighted by atomic mass is 10.3. The van der Waals surface area contributed by atoms with Crippen LogP contribution in [-0.4, -0.2) is 61.4 Å². The Balaban J connectivity index is 0. The smallest absolute Gasteiger partial charge is 0.253 e. The van der Waals surface area contributed by atoms with Gasteiger partial charge in [0.05, 0.1) is 6.01 Å². The molecule has 0 saturated carbocycles. The van der Waals surface area contributed by atoms with E-state index in [-0.39, 0.29) is 36.5 Å². The number of aliphatic imine (C=N–C) groups is 2. The van der Waals surface area contributed by atoms with Gasteiger partial charge in [0.1, 0.15) is 6.17 Å². The van der Waals surface area contributed by atoms with Crippen molar-refractivity contribution in [2.75, 3.05) is 27.2 Å². The van der Waals surface area contributed by atoms with Crippen molar-refractivity contribution in [2.24, 2.45) is 9.98 Å². The molecule has 1 aliphatic rings. The molecule has 0 aromatic heterocycles. The summed E-state index contributed by atoms with van der Waals surface area (Å²) in [7, 11) is 3.81. The van der Waals surface area contributed by atoms with Gasteiger partial charge in [-0.05, 0) is 34.0 Å². The van der Waals surface area contributed by atoms with Gasteiger partial charge in [0.2, 0.25) is 0 Å². The van der Waals surface area contributed by atoms with E-state index in [0.717, 1.165) is 19.5 Å². The molecule has 1 heterocycles. The summed E-state index contributed by atoms with van der Waals surface area (Å²) in [4.78, 5) is 28.5. The second kappa shape index (κ2) is 13.7. The van der Waals surface area contributed by atoms with Gasteiger partial charge < -0.3 is 5.32 Å². The Labute approximate surface area is 131 Å². The number of hydrogen-bond acceptors (Lipinski definition) is 7. The second-order valence-electron chi connectivity index (χ2n) is 4.00. The Bertz CT molecular complexity index is 356. The number of carbonyl (C=O) groups excluding carboxylic acids is 2. The minimum atomic E-state index is -0.505. The standard InChI is InChI=1S/C8H18N4.C4H5NO3.ClH/c1-4-11-7-12-8(10-3)5-6-9-2;6-3-1-2-4(7)5(3)8;/h8-10H,4-6H2,1-3H3;8H,1-2H2;1H. The van der Waals surface area contributed by atoms with Crippen molar-refractivity contribution in [3.63, 3.8) is 0 Å². The van der Waals surface area contributed by atoms with E-state index >= 15 is 0 Å². The predicted molar refractivity (Wildman–Crippen MR) is 81.9 cm³/mol. The quantitative estimate of drug-likeness (QED) is 0.370. The minimum absolute atomic E-state index is 0. The fourth-order valence-electron chi connectivity index (χ4n) is 1.30. The lowest BCUT2D eigenvalue weighted by Crippen LogP contribution is -2.26. The molecule has 0 radical (unpaired) electrons. The predicted octanol–water partition coefficient (Wildman–Crippen LogP) is 0.282. The van der Waals surface area contributed by atoms with Crippen molar-refractivity contribution in [2.45, 2.75) is 32.4 Å².